The van der Waals surface area contributed by atoms with Gasteiger partial charge in [-0.25, -0.2) is 0 Å². The molecule has 0 N–H and O–H groups in total. The third-order valence-corrected chi connectivity index (χ3v) is 12.9. The zero-order valence-corrected chi connectivity index (χ0v) is 30.7. The van der Waals surface area contributed by atoms with Crippen molar-refractivity contribution in [3.63, 3.8) is 0 Å². The van der Waals surface area contributed by atoms with Crippen LogP contribution in [0.4, 0.5) is 0 Å². The number of thiophene rings is 1. The molecule has 0 saturated carbocycles. The smallest absolute Gasteiger partial charge is 0.0368 e. The Hall–Kier alpha value is -6.80. The van der Waals surface area contributed by atoms with E-state index < -0.39 is 0 Å². The lowest BCUT2D eigenvalue weighted by Crippen LogP contribution is -1.91. The highest BCUT2D eigenvalue weighted by molar-refractivity contribution is 7.26. The van der Waals surface area contributed by atoms with E-state index in [1.54, 1.807) is 0 Å². The second-order valence-electron chi connectivity index (χ2n) is 14.8. The first kappa shape index (κ1) is 30.6. The molecule has 0 spiro atoms. The highest BCUT2D eigenvalue weighted by Crippen LogP contribution is 2.47. The van der Waals surface area contributed by atoms with Gasteiger partial charge in [0.1, 0.15) is 0 Å². The molecular weight excluding hydrogens is 681 g/mol. The van der Waals surface area contributed by atoms with E-state index in [0.717, 1.165) is 0 Å². The van der Waals surface area contributed by atoms with Gasteiger partial charge < -0.3 is 0 Å². The summed E-state index contributed by atoms with van der Waals surface area (Å²) in [5, 5.41) is 18.0. The number of hydrogen-bond donors (Lipinski definition) is 0. The lowest BCUT2D eigenvalue weighted by molar-refractivity contribution is 1.68. The van der Waals surface area contributed by atoms with Crippen molar-refractivity contribution in [3.8, 4) is 33.4 Å². The predicted octanol–water partition coefficient (Wildman–Crippen LogP) is 16.0. The van der Waals surface area contributed by atoms with Crippen molar-refractivity contribution < 1.29 is 0 Å². The fourth-order valence-electron chi connectivity index (χ4n) is 9.31. The highest BCUT2D eigenvalue weighted by Gasteiger charge is 2.19. The van der Waals surface area contributed by atoms with Crippen molar-refractivity contribution in [1.29, 1.82) is 0 Å². The van der Waals surface area contributed by atoms with Crippen LogP contribution >= 0.6 is 11.3 Å². The summed E-state index contributed by atoms with van der Waals surface area (Å²) in [6.07, 6.45) is 0. The average molecular weight is 713 g/mol. The lowest BCUT2D eigenvalue weighted by Gasteiger charge is -2.19. The minimum Gasteiger partial charge on any atom is -0.135 e. The maximum Gasteiger partial charge on any atom is 0.0368 e. The third-order valence-electron chi connectivity index (χ3n) is 11.8. The summed E-state index contributed by atoms with van der Waals surface area (Å²) < 4.78 is 2.67. The summed E-state index contributed by atoms with van der Waals surface area (Å²) in [6.45, 7) is 0. The maximum atomic E-state index is 2.43. The van der Waals surface area contributed by atoms with Gasteiger partial charge in [-0.3, -0.25) is 0 Å². The number of rotatable bonds is 3. The number of fused-ring (bicyclic) bond motifs is 10. The Morgan fingerprint density at radius 1 is 0.255 bits per heavy atom. The molecule has 55 heavy (non-hydrogen) atoms. The van der Waals surface area contributed by atoms with Crippen LogP contribution in [0, 0.1) is 0 Å². The Morgan fingerprint density at radius 2 is 0.764 bits per heavy atom. The molecule has 0 fully saturated rings. The molecule has 0 amide bonds. The van der Waals surface area contributed by atoms with Gasteiger partial charge in [0.15, 0.2) is 0 Å². The summed E-state index contributed by atoms with van der Waals surface area (Å²) in [6, 6.07) is 72.3. The molecule has 0 radical (unpaired) electrons. The van der Waals surface area contributed by atoms with Gasteiger partial charge in [-0.05, 0) is 128 Å². The van der Waals surface area contributed by atoms with E-state index in [0.29, 0.717) is 0 Å². The van der Waals surface area contributed by atoms with E-state index in [1.165, 1.54) is 118 Å². The van der Waals surface area contributed by atoms with Crippen LogP contribution < -0.4 is 0 Å². The second kappa shape index (κ2) is 11.9. The van der Waals surface area contributed by atoms with Crippen LogP contribution in [0.5, 0.6) is 0 Å². The van der Waals surface area contributed by atoms with Gasteiger partial charge in [0.05, 0.1) is 0 Å². The zero-order valence-electron chi connectivity index (χ0n) is 29.9. The van der Waals surface area contributed by atoms with E-state index in [4.69, 9.17) is 0 Å². The molecule has 12 rings (SSSR count). The van der Waals surface area contributed by atoms with E-state index >= 15 is 0 Å². The molecule has 0 aliphatic heterocycles. The van der Waals surface area contributed by atoms with E-state index in [1.807, 2.05) is 11.3 Å². The molecule has 11 aromatic carbocycles. The van der Waals surface area contributed by atoms with Crippen molar-refractivity contribution in [2.75, 3.05) is 0 Å². The molecule has 12 aromatic rings. The minimum absolute atomic E-state index is 1.24. The van der Waals surface area contributed by atoms with Crippen LogP contribution in [-0.4, -0.2) is 0 Å². The van der Waals surface area contributed by atoms with Crippen LogP contribution in [0.3, 0.4) is 0 Å². The van der Waals surface area contributed by atoms with Crippen molar-refractivity contribution in [2.45, 2.75) is 0 Å². The molecule has 1 heteroatoms. The van der Waals surface area contributed by atoms with Gasteiger partial charge in [0.2, 0.25) is 0 Å². The predicted molar refractivity (Wildman–Crippen MR) is 241 cm³/mol. The van der Waals surface area contributed by atoms with Crippen LogP contribution in [0.1, 0.15) is 0 Å². The molecule has 0 aliphatic rings. The average Bonchev–Trinajstić information content (AvgIpc) is 3.61. The summed E-state index contributed by atoms with van der Waals surface area (Å²) >= 11 is 1.90. The maximum absolute atomic E-state index is 2.43. The SMILES string of the molecule is c1ccc2cc3c(cc2c1)sc1cc(-c2ccc4cc(-c5c6ccccc6c(-c6cccc7ccccc67)c6ccccc56)ccc4c2)c2ccccc2c13. The van der Waals surface area contributed by atoms with Gasteiger partial charge in [0.25, 0.3) is 0 Å². The fourth-order valence-corrected chi connectivity index (χ4v) is 10.5. The van der Waals surface area contributed by atoms with Crippen LogP contribution in [-0.2, 0) is 0 Å². The number of benzene rings is 11. The normalized spacial score (nSPS) is 12.0. The second-order valence-corrected chi connectivity index (χ2v) is 15.9. The Bertz CT molecular complexity index is 3490. The van der Waals surface area contributed by atoms with Gasteiger partial charge in [-0.2, -0.15) is 0 Å². The molecule has 254 valence electrons. The summed E-state index contributed by atoms with van der Waals surface area (Å²) in [5.74, 6) is 0. The molecule has 0 atom stereocenters. The van der Waals surface area contributed by atoms with Crippen LogP contribution in [0.15, 0.2) is 194 Å². The van der Waals surface area contributed by atoms with Crippen molar-refractivity contribution in [2.24, 2.45) is 0 Å². The van der Waals surface area contributed by atoms with Gasteiger partial charge in [-0.15, -0.1) is 11.3 Å². The molecule has 0 nitrogen and oxygen atoms in total. The Morgan fingerprint density at radius 3 is 1.47 bits per heavy atom. The topological polar surface area (TPSA) is 0 Å². The first-order valence-electron chi connectivity index (χ1n) is 19.0. The summed E-state index contributed by atoms with van der Waals surface area (Å²) in [5.41, 5.74) is 7.63. The molecule has 1 heterocycles. The quantitative estimate of drug-likeness (QED) is 0.160. The Kier molecular flexibility index (Phi) is 6.60. The zero-order chi connectivity index (χ0) is 36.0. The first-order valence-corrected chi connectivity index (χ1v) is 19.8. The monoisotopic (exact) mass is 712 g/mol. The lowest BCUT2D eigenvalue weighted by atomic mass is 9.84. The summed E-state index contributed by atoms with van der Waals surface area (Å²) in [7, 11) is 0. The van der Waals surface area contributed by atoms with E-state index in [9.17, 15) is 0 Å². The standard InChI is InChI=1S/C54H32S/c1-2-14-35-31-50-49(30-34(35)13-1)54-43-18-6-5-17-41(43)48(32-51(54)55-50)38-26-24-37-29-39(27-25-36(37)28-38)52-44-19-7-9-21-46(44)53(47-22-10-8-20-45(47)52)42-23-11-15-33-12-3-4-16-40(33)42/h1-32H. The van der Waals surface area contributed by atoms with Gasteiger partial charge >= 0.3 is 0 Å². The van der Waals surface area contributed by atoms with Crippen LogP contribution in [0.25, 0.3) is 118 Å². The summed E-state index contributed by atoms with van der Waals surface area (Å²) in [4.78, 5) is 0. The van der Waals surface area contributed by atoms with Crippen LogP contribution in [0.2, 0.25) is 0 Å². The molecule has 0 saturated heterocycles. The van der Waals surface area contributed by atoms with Crippen molar-refractivity contribution >= 4 is 96.1 Å². The Balaban J connectivity index is 1.04. The minimum atomic E-state index is 1.24. The van der Waals surface area contributed by atoms with E-state index in [2.05, 4.69) is 194 Å². The van der Waals surface area contributed by atoms with Crippen molar-refractivity contribution in [1.82, 2.24) is 0 Å². The first-order chi connectivity index (χ1) is 27.3. The molecule has 0 aliphatic carbocycles. The van der Waals surface area contributed by atoms with Crippen molar-refractivity contribution in [3.05, 3.63) is 194 Å². The fraction of sp³-hybridized carbons (Fsp3) is 0. The largest absolute Gasteiger partial charge is 0.135 e. The third kappa shape index (κ3) is 4.64. The number of hydrogen-bond acceptors (Lipinski definition) is 1. The van der Waals surface area contributed by atoms with Gasteiger partial charge in [0, 0.05) is 20.2 Å². The highest BCUT2D eigenvalue weighted by atomic mass is 32.1. The molecule has 0 unspecified atom stereocenters. The molecular formula is C54H32S. The van der Waals surface area contributed by atoms with Gasteiger partial charge in [-0.1, -0.05) is 164 Å². The Labute approximate surface area is 322 Å². The molecule has 0 bridgehead atoms. The van der Waals surface area contributed by atoms with E-state index in [-0.39, 0.29) is 0 Å². The molecule has 1 aromatic heterocycles.